The van der Waals surface area contributed by atoms with E-state index in [1.807, 2.05) is 29.2 Å². The van der Waals surface area contributed by atoms with E-state index in [0.717, 1.165) is 50.7 Å². The minimum absolute atomic E-state index is 0.0450. The molecule has 7 nitrogen and oxygen atoms in total. The smallest absolute Gasteiger partial charge is 0.321 e. The van der Waals surface area contributed by atoms with Crippen LogP contribution in [0.3, 0.4) is 0 Å². The molecule has 9 heteroatoms. The Labute approximate surface area is 335 Å². The Kier molecular flexibility index (Phi) is 8.41. The molecule has 2 amide bonds. The lowest BCUT2D eigenvalue weighted by Crippen LogP contribution is -2.67. The van der Waals surface area contributed by atoms with E-state index in [0.29, 0.717) is 67.0 Å². The van der Waals surface area contributed by atoms with Gasteiger partial charge in [0.1, 0.15) is 5.75 Å². The fourth-order valence-electron chi connectivity index (χ4n) is 15.7. The average Bonchev–Trinajstić information content (AvgIpc) is 3.44. The lowest BCUT2D eigenvalue weighted by Gasteiger charge is -2.71. The fraction of sp³-hybridized carbons (Fsp3) is 0.625. The number of allylic oxidation sites excluding steroid dienone is 4. The van der Waals surface area contributed by atoms with Gasteiger partial charge < -0.3 is 25.2 Å². The van der Waals surface area contributed by atoms with Crippen LogP contribution in [-0.2, 0) is 0 Å². The van der Waals surface area contributed by atoms with Gasteiger partial charge in [-0.15, -0.1) is 0 Å². The van der Waals surface area contributed by atoms with Crippen LogP contribution in [-0.4, -0.2) is 58.8 Å². The Bertz CT molecular complexity index is 2030. The summed E-state index contributed by atoms with van der Waals surface area (Å²) in [6, 6.07) is 10.6. The van der Waals surface area contributed by atoms with Crippen molar-refractivity contribution in [1.82, 2.24) is 4.90 Å². The van der Waals surface area contributed by atoms with Crippen LogP contribution < -0.4 is 10.1 Å². The second kappa shape index (κ2) is 12.7. The van der Waals surface area contributed by atoms with E-state index in [-0.39, 0.29) is 46.6 Å². The van der Waals surface area contributed by atoms with Gasteiger partial charge >= 0.3 is 6.03 Å². The van der Waals surface area contributed by atoms with Crippen molar-refractivity contribution in [3.8, 4) is 5.75 Å². The molecule has 10 aliphatic carbocycles. The number of anilines is 1. The number of amides is 2. The van der Waals surface area contributed by atoms with Gasteiger partial charge in [-0.1, -0.05) is 32.1 Å². The van der Waals surface area contributed by atoms with Crippen molar-refractivity contribution in [1.29, 1.82) is 0 Å². The number of hydrogen-bond donors (Lipinski definition) is 3. The molecule has 2 aromatic carbocycles. The van der Waals surface area contributed by atoms with Crippen LogP contribution in [0, 0.1) is 68.3 Å². The molecule has 57 heavy (non-hydrogen) atoms. The van der Waals surface area contributed by atoms with Gasteiger partial charge in [-0.3, -0.25) is 4.79 Å². The molecule has 2 spiro atoms. The van der Waals surface area contributed by atoms with Crippen molar-refractivity contribution in [3.05, 3.63) is 83.5 Å². The number of Topliss-reactive ketones (excluding diaryl/α,β-unsaturated/α-hetero) is 1. The maximum atomic E-state index is 14.9. The van der Waals surface area contributed by atoms with Gasteiger partial charge in [0.15, 0.2) is 17.4 Å². The van der Waals surface area contributed by atoms with Gasteiger partial charge in [0, 0.05) is 39.6 Å². The number of ether oxygens (including phenoxy) is 1. The zero-order valence-electron chi connectivity index (χ0n) is 33.7. The Morgan fingerprint density at radius 2 is 1.47 bits per heavy atom. The summed E-state index contributed by atoms with van der Waals surface area (Å²) in [7, 11) is 1.62. The maximum absolute atomic E-state index is 14.9. The van der Waals surface area contributed by atoms with Gasteiger partial charge in [-0.2, -0.15) is 0 Å². The van der Waals surface area contributed by atoms with Crippen LogP contribution in [0.1, 0.15) is 108 Å². The number of rotatable bonds is 8. The number of hydrogen-bond acceptors (Lipinski definition) is 5. The topological polar surface area (TPSA) is 99.1 Å². The molecule has 0 saturated heterocycles. The third kappa shape index (κ3) is 5.38. The molecule has 0 aliphatic heterocycles. The van der Waals surface area contributed by atoms with Crippen molar-refractivity contribution in [2.45, 2.75) is 109 Å². The predicted molar refractivity (Wildman–Crippen MR) is 213 cm³/mol. The number of aliphatic hydroxyl groups excluding tert-OH is 1. The number of benzene rings is 2. The molecule has 12 rings (SSSR count). The first-order valence-electron chi connectivity index (χ1n) is 21.7. The summed E-state index contributed by atoms with van der Waals surface area (Å²) in [6.45, 7) is 5.32. The number of carbonyl (C=O) groups is 2. The first-order chi connectivity index (χ1) is 27.1. The summed E-state index contributed by atoms with van der Waals surface area (Å²) in [5.74, 6) is 0.393. The third-order valence-electron chi connectivity index (χ3n) is 17.9. The molecule has 7 saturated carbocycles. The molecular weight excluding hydrogens is 723 g/mol. The highest BCUT2D eigenvalue weighted by Gasteiger charge is 2.74. The summed E-state index contributed by atoms with van der Waals surface area (Å²) in [5.41, 5.74) is -2.01. The van der Waals surface area contributed by atoms with Crippen molar-refractivity contribution in [2.75, 3.05) is 25.5 Å². The number of aliphatic hydroxyl groups is 2. The molecule has 1 unspecified atom stereocenters. The second-order valence-electron chi connectivity index (χ2n) is 20.7. The van der Waals surface area contributed by atoms with Crippen molar-refractivity contribution in [2.24, 2.45) is 56.7 Å². The van der Waals surface area contributed by atoms with E-state index < -0.39 is 39.6 Å². The summed E-state index contributed by atoms with van der Waals surface area (Å²) < 4.78 is 34.3. The van der Waals surface area contributed by atoms with Crippen molar-refractivity contribution < 1.29 is 33.3 Å². The number of methoxy groups -OCH3 is 1. The molecule has 7 fully saturated rings. The monoisotopic (exact) mass is 780 g/mol. The number of fused-ring (bicyclic) bond motifs is 1. The van der Waals surface area contributed by atoms with Crippen LogP contribution in [0.5, 0.6) is 5.75 Å². The van der Waals surface area contributed by atoms with Crippen molar-refractivity contribution in [3.63, 3.8) is 0 Å². The Balaban J connectivity index is 1.03. The minimum atomic E-state index is -1.24. The van der Waals surface area contributed by atoms with E-state index in [1.54, 1.807) is 7.11 Å². The average molecular weight is 781 g/mol. The standard InChI is InChI=1S/C48H58F2N2O5/c1-43-13-10-34(53)25-46(43)16-17-48(36(26-46)41(54)32-4-9-37(49)38(50)21-32)39(43)11-14-44(2)40(48)12-15-47(44,56)28-52(42(55)51-33-5-7-35(57-3)8-6-33)27-45-22-29-18-30(23-45)20-31(19-29)24-45/h4-9,16-17,21,26,29-31,34,39-40,53,56H,10-15,18-20,22-25,27-28H2,1-3H3,(H,51,55)/t29?,30?,31?,34?,39-,40-,43-,44+,45?,46+,47-,48-/m1/s1. The largest absolute Gasteiger partial charge is 0.497 e. The predicted octanol–water partition coefficient (Wildman–Crippen LogP) is 9.50. The number of urea groups is 1. The van der Waals surface area contributed by atoms with Gasteiger partial charge in [0.25, 0.3) is 0 Å². The third-order valence-corrected chi connectivity index (χ3v) is 17.9. The molecule has 8 atom stereocenters. The summed E-state index contributed by atoms with van der Waals surface area (Å²) in [6.07, 6.45) is 18.0. The number of nitrogens with zero attached hydrogens (tertiary/aromatic N) is 1. The van der Waals surface area contributed by atoms with E-state index in [2.05, 4.69) is 37.4 Å². The molecule has 2 aromatic rings. The molecule has 6 bridgehead atoms. The van der Waals surface area contributed by atoms with Gasteiger partial charge in [0.05, 0.1) is 25.4 Å². The van der Waals surface area contributed by atoms with E-state index in [1.165, 1.54) is 25.3 Å². The molecule has 304 valence electrons. The summed E-state index contributed by atoms with van der Waals surface area (Å²) >= 11 is 0. The number of ketones is 1. The maximum Gasteiger partial charge on any atom is 0.321 e. The molecule has 0 aromatic heterocycles. The van der Waals surface area contributed by atoms with Crippen LogP contribution in [0.2, 0.25) is 0 Å². The Morgan fingerprint density at radius 3 is 2.14 bits per heavy atom. The highest BCUT2D eigenvalue weighted by atomic mass is 19.2. The van der Waals surface area contributed by atoms with E-state index in [9.17, 15) is 28.6 Å². The SMILES string of the molecule is COc1ccc(NC(=O)N(CC23CC4CC(CC(C4)C2)C3)C[C@]2(O)CC[C@H]3[C@]45C=C[C@@]6(C=C4C(=O)c4ccc(F)c(F)c4)CC(O)CC[C@]6(C)[C@H]5CC[C@@]32C)cc1. The number of halogens is 2. The minimum Gasteiger partial charge on any atom is -0.497 e. The van der Waals surface area contributed by atoms with Gasteiger partial charge in [-0.05, 0) is 166 Å². The van der Waals surface area contributed by atoms with Crippen LogP contribution in [0.4, 0.5) is 19.3 Å². The van der Waals surface area contributed by atoms with E-state index >= 15 is 0 Å². The normalized spacial score (nSPS) is 43.2. The van der Waals surface area contributed by atoms with Crippen LogP contribution in [0.25, 0.3) is 0 Å². The second-order valence-corrected chi connectivity index (χ2v) is 20.7. The highest BCUT2D eigenvalue weighted by molar-refractivity contribution is 6.10. The Morgan fingerprint density at radius 1 is 0.825 bits per heavy atom. The summed E-state index contributed by atoms with van der Waals surface area (Å²) in [5, 5.41) is 27.6. The lowest BCUT2D eigenvalue weighted by atomic mass is 9.32. The van der Waals surface area contributed by atoms with Gasteiger partial charge in [0.2, 0.25) is 0 Å². The number of carbonyl (C=O) groups excluding carboxylic acids is 2. The van der Waals surface area contributed by atoms with Gasteiger partial charge in [-0.25, -0.2) is 13.6 Å². The fourth-order valence-corrected chi connectivity index (χ4v) is 15.7. The molecule has 3 N–H and O–H groups in total. The molecular formula is C48H58F2N2O5. The van der Waals surface area contributed by atoms with E-state index in [4.69, 9.17) is 4.74 Å². The van der Waals surface area contributed by atoms with Crippen LogP contribution in [0.15, 0.2) is 66.3 Å². The lowest BCUT2D eigenvalue weighted by molar-refractivity contribution is -0.176. The summed E-state index contributed by atoms with van der Waals surface area (Å²) in [4.78, 5) is 31.5. The molecule has 0 heterocycles. The zero-order chi connectivity index (χ0) is 39.8. The quantitative estimate of drug-likeness (QED) is 0.183. The van der Waals surface area contributed by atoms with Crippen LogP contribution >= 0.6 is 0 Å². The Hall–Kier alpha value is -3.56. The number of nitrogens with one attached hydrogen (secondary N) is 1. The first-order valence-corrected chi connectivity index (χ1v) is 21.7. The first kappa shape index (κ1) is 37.7. The molecule has 10 aliphatic rings. The molecule has 0 radical (unpaired) electrons. The zero-order valence-corrected chi connectivity index (χ0v) is 33.7. The van der Waals surface area contributed by atoms with Crippen molar-refractivity contribution >= 4 is 17.5 Å². The highest BCUT2D eigenvalue weighted by Crippen LogP contribution is 2.78.